The Kier molecular flexibility index (Phi) is 6.99. The molecule has 44 heavy (non-hydrogen) atoms. The molecule has 0 saturated carbocycles. The molecule has 1 aliphatic heterocycles. The maximum absolute atomic E-state index is 14.1. The minimum Gasteiger partial charge on any atom is -0.493 e. The van der Waals surface area contributed by atoms with Crippen LogP contribution in [0.3, 0.4) is 0 Å². The number of carbonyl (C=O) groups is 1. The van der Waals surface area contributed by atoms with Crippen LogP contribution in [0.4, 0.5) is 0 Å². The maximum atomic E-state index is 14.1. The molecule has 0 radical (unpaired) electrons. The van der Waals surface area contributed by atoms with Gasteiger partial charge >= 0.3 is 5.97 Å². The monoisotopic (exact) mass is 624 g/mol. The first-order chi connectivity index (χ1) is 21.4. The Labute approximate surface area is 260 Å². The number of fused-ring (bicyclic) bond motifs is 3. The Morgan fingerprint density at radius 1 is 1.05 bits per heavy atom. The number of benzene rings is 3. The maximum Gasteiger partial charge on any atom is 0.337 e. The molecule has 3 heterocycles. The molecule has 0 unspecified atom stereocenters. The largest absolute Gasteiger partial charge is 0.493 e. The number of aromatic carboxylic acids is 1. The van der Waals surface area contributed by atoms with Crippen molar-refractivity contribution in [3.63, 3.8) is 0 Å². The van der Waals surface area contributed by atoms with E-state index in [1.807, 2.05) is 30.3 Å². The number of allylic oxidation sites excluding steroid dienone is 1. The van der Waals surface area contributed by atoms with E-state index in [1.165, 1.54) is 29.0 Å². The van der Waals surface area contributed by atoms with Gasteiger partial charge in [0.15, 0.2) is 16.3 Å². The molecule has 10 heteroatoms. The number of carboxylic acid groups (broad SMARTS) is 1. The van der Waals surface area contributed by atoms with Gasteiger partial charge in [-0.25, -0.2) is 9.79 Å². The van der Waals surface area contributed by atoms with Crippen molar-refractivity contribution in [1.82, 2.24) is 4.57 Å². The fourth-order valence-electron chi connectivity index (χ4n) is 5.90. The van der Waals surface area contributed by atoms with E-state index in [4.69, 9.17) is 30.5 Å². The molecule has 0 amide bonds. The molecular formula is C34H25ClN2O6S. The first-order valence-electron chi connectivity index (χ1n) is 13.8. The smallest absolute Gasteiger partial charge is 0.337 e. The van der Waals surface area contributed by atoms with E-state index in [-0.39, 0.29) is 22.2 Å². The normalized spacial score (nSPS) is 15.7. The SMILES string of the molecule is COc1ccc([C@H]2C3=C(N=c4s/c(=C/c5ccc(-c6ccc(Cl)c(C(=O)O)c6)o5)c(=O)n42)c2ccccc2CC3)cc1OC. The van der Waals surface area contributed by atoms with E-state index < -0.39 is 5.97 Å². The van der Waals surface area contributed by atoms with Crippen molar-refractivity contribution >= 4 is 40.7 Å². The van der Waals surface area contributed by atoms with Crippen molar-refractivity contribution in [2.24, 2.45) is 4.99 Å². The number of methoxy groups -OCH3 is 2. The Morgan fingerprint density at radius 3 is 2.66 bits per heavy atom. The van der Waals surface area contributed by atoms with Gasteiger partial charge in [-0.05, 0) is 72.0 Å². The first-order valence-corrected chi connectivity index (χ1v) is 15.0. The number of halogens is 1. The molecular weight excluding hydrogens is 600 g/mol. The van der Waals surface area contributed by atoms with Crippen LogP contribution in [0.25, 0.3) is 23.1 Å². The van der Waals surface area contributed by atoms with E-state index in [2.05, 4.69) is 12.1 Å². The molecule has 1 aliphatic carbocycles. The summed E-state index contributed by atoms with van der Waals surface area (Å²) in [4.78, 5) is 31.3. The van der Waals surface area contributed by atoms with Gasteiger partial charge < -0.3 is 19.0 Å². The summed E-state index contributed by atoms with van der Waals surface area (Å²) in [6.45, 7) is 0. The third-order valence-corrected chi connectivity index (χ3v) is 9.29. The highest BCUT2D eigenvalue weighted by molar-refractivity contribution is 7.07. The molecule has 0 fully saturated rings. The fourth-order valence-corrected chi connectivity index (χ4v) is 7.08. The first kappa shape index (κ1) is 27.9. The van der Waals surface area contributed by atoms with Crippen LogP contribution in [0.5, 0.6) is 11.5 Å². The van der Waals surface area contributed by atoms with Gasteiger partial charge in [0, 0.05) is 17.2 Å². The minimum atomic E-state index is -1.13. The lowest BCUT2D eigenvalue weighted by atomic mass is 9.83. The van der Waals surface area contributed by atoms with Gasteiger partial charge in [0.2, 0.25) is 0 Å². The molecule has 0 bridgehead atoms. The van der Waals surface area contributed by atoms with E-state index in [0.29, 0.717) is 37.9 Å². The zero-order valence-electron chi connectivity index (χ0n) is 23.7. The number of thiazole rings is 1. The van der Waals surface area contributed by atoms with E-state index in [1.54, 1.807) is 43.1 Å². The zero-order chi connectivity index (χ0) is 30.5. The molecule has 0 spiro atoms. The summed E-state index contributed by atoms with van der Waals surface area (Å²) in [5.74, 6) is 0.974. The number of aryl methyl sites for hydroxylation is 1. The molecule has 220 valence electrons. The van der Waals surface area contributed by atoms with Gasteiger partial charge in [-0.3, -0.25) is 9.36 Å². The highest BCUT2D eigenvalue weighted by Gasteiger charge is 2.33. The summed E-state index contributed by atoms with van der Waals surface area (Å²) in [6, 6.07) is 21.8. The summed E-state index contributed by atoms with van der Waals surface area (Å²) in [7, 11) is 3.19. The number of rotatable bonds is 6. The second-order valence-electron chi connectivity index (χ2n) is 10.4. The fraction of sp³-hybridized carbons (Fsp3) is 0.147. The molecule has 0 saturated heterocycles. The molecule has 5 aromatic rings. The number of hydrogen-bond acceptors (Lipinski definition) is 7. The van der Waals surface area contributed by atoms with Crippen molar-refractivity contribution in [3.8, 4) is 22.8 Å². The van der Waals surface area contributed by atoms with Crippen molar-refractivity contribution in [3.05, 3.63) is 131 Å². The Bertz CT molecular complexity index is 2190. The number of nitrogens with zero attached hydrogens (tertiary/aromatic N) is 2. The van der Waals surface area contributed by atoms with Gasteiger partial charge in [0.25, 0.3) is 5.56 Å². The molecule has 7 rings (SSSR count). The van der Waals surface area contributed by atoms with Crippen LogP contribution >= 0.6 is 22.9 Å². The van der Waals surface area contributed by atoms with E-state index >= 15 is 0 Å². The van der Waals surface area contributed by atoms with Crippen LogP contribution in [0.15, 0.2) is 92.6 Å². The lowest BCUT2D eigenvalue weighted by Crippen LogP contribution is -2.38. The van der Waals surface area contributed by atoms with Crippen LogP contribution in [0, 0.1) is 0 Å². The summed E-state index contributed by atoms with van der Waals surface area (Å²) in [6.07, 6.45) is 3.31. The molecule has 8 nitrogen and oxygen atoms in total. The van der Waals surface area contributed by atoms with Gasteiger partial charge in [0.05, 0.1) is 41.1 Å². The molecule has 3 aromatic carbocycles. The van der Waals surface area contributed by atoms with E-state index in [0.717, 1.165) is 35.2 Å². The number of hydrogen-bond donors (Lipinski definition) is 1. The number of ether oxygens (including phenoxy) is 2. The summed E-state index contributed by atoms with van der Waals surface area (Å²) in [5, 5.41) is 9.60. The highest BCUT2D eigenvalue weighted by Crippen LogP contribution is 2.42. The summed E-state index contributed by atoms with van der Waals surface area (Å²) < 4.78 is 19.4. The Morgan fingerprint density at radius 2 is 1.86 bits per heavy atom. The number of furan rings is 1. The number of carboxylic acids is 1. The van der Waals surface area contributed by atoms with E-state index in [9.17, 15) is 14.7 Å². The average Bonchev–Trinajstić information content (AvgIpc) is 3.63. The average molecular weight is 625 g/mol. The second kappa shape index (κ2) is 11.0. The molecule has 2 aromatic heterocycles. The van der Waals surface area contributed by atoms with Crippen LogP contribution in [0.2, 0.25) is 5.02 Å². The number of aromatic nitrogens is 1. The second-order valence-corrected chi connectivity index (χ2v) is 11.8. The van der Waals surface area contributed by atoms with Crippen LogP contribution in [-0.2, 0) is 6.42 Å². The standard InChI is InChI=1S/C34H25ClN2O6S/c1-41-27-13-9-20(16-28(27)42-2)31-23-11-7-18-5-3-4-6-22(18)30(23)36-34-37(31)32(38)29(44-34)17-21-10-14-26(43-21)19-8-12-25(35)24(15-19)33(39)40/h3-6,8-10,12-17,31H,7,11H2,1-2H3,(H,39,40)/b29-17+/t31-/m0/s1. The zero-order valence-corrected chi connectivity index (χ0v) is 25.2. The van der Waals surface area contributed by atoms with Gasteiger partial charge in [-0.15, -0.1) is 0 Å². The summed E-state index contributed by atoms with van der Waals surface area (Å²) >= 11 is 7.34. The van der Waals surface area contributed by atoms with Crippen molar-refractivity contribution in [2.45, 2.75) is 18.9 Å². The van der Waals surface area contributed by atoms with Crippen molar-refractivity contribution < 1.29 is 23.8 Å². The topological polar surface area (TPSA) is 103 Å². The van der Waals surface area contributed by atoms with Crippen LogP contribution in [0.1, 0.15) is 45.3 Å². The van der Waals surface area contributed by atoms with Gasteiger partial charge in [-0.2, -0.15) is 0 Å². The quantitative estimate of drug-likeness (QED) is 0.251. The third-order valence-electron chi connectivity index (χ3n) is 7.98. The van der Waals surface area contributed by atoms with Crippen molar-refractivity contribution in [2.75, 3.05) is 14.2 Å². The molecule has 1 N–H and O–H groups in total. The molecule has 2 aliphatic rings. The third kappa shape index (κ3) is 4.65. The van der Waals surface area contributed by atoms with Crippen LogP contribution < -0.4 is 24.4 Å². The Balaban J connectivity index is 1.38. The van der Waals surface area contributed by atoms with Crippen molar-refractivity contribution in [1.29, 1.82) is 0 Å². The van der Waals surface area contributed by atoms with Crippen LogP contribution in [-0.4, -0.2) is 29.9 Å². The minimum absolute atomic E-state index is 0.0175. The predicted molar refractivity (Wildman–Crippen MR) is 168 cm³/mol. The molecule has 1 atom stereocenters. The lowest BCUT2D eigenvalue weighted by Gasteiger charge is -2.31. The van der Waals surface area contributed by atoms with Gasteiger partial charge in [-0.1, -0.05) is 53.3 Å². The predicted octanol–water partition coefficient (Wildman–Crippen LogP) is 5.95. The Hall–Kier alpha value is -4.86. The highest BCUT2D eigenvalue weighted by atomic mass is 35.5. The lowest BCUT2D eigenvalue weighted by molar-refractivity contribution is 0.0697. The van der Waals surface area contributed by atoms with Gasteiger partial charge in [0.1, 0.15) is 11.5 Å². The summed E-state index contributed by atoms with van der Waals surface area (Å²) in [5.41, 5.74) is 5.55.